The first-order valence-electron chi connectivity index (χ1n) is 4.32. The quantitative estimate of drug-likeness (QED) is 0.725. The standard InChI is InChI=1S/C10H13NO3/c1-5-7(3)14-9(10(13)11-4)6(2)8(5)12/h1-4H3,(H,11,13). The van der Waals surface area contributed by atoms with Crippen molar-refractivity contribution in [3.8, 4) is 0 Å². The van der Waals surface area contributed by atoms with Gasteiger partial charge in [0.2, 0.25) is 0 Å². The number of hydrogen-bond acceptors (Lipinski definition) is 3. The molecule has 0 saturated heterocycles. The van der Waals surface area contributed by atoms with Gasteiger partial charge >= 0.3 is 0 Å². The lowest BCUT2D eigenvalue weighted by molar-refractivity contribution is 0.0930. The first-order valence-corrected chi connectivity index (χ1v) is 4.32. The van der Waals surface area contributed by atoms with E-state index < -0.39 is 0 Å². The molecule has 0 aliphatic carbocycles. The smallest absolute Gasteiger partial charge is 0.287 e. The number of amides is 1. The van der Waals surface area contributed by atoms with Gasteiger partial charge in [0.25, 0.3) is 5.91 Å². The van der Waals surface area contributed by atoms with Crippen LogP contribution in [-0.2, 0) is 0 Å². The van der Waals surface area contributed by atoms with Crippen molar-refractivity contribution in [3.05, 3.63) is 32.9 Å². The van der Waals surface area contributed by atoms with Crippen LogP contribution in [0, 0.1) is 20.8 Å². The Kier molecular flexibility index (Phi) is 2.74. The Morgan fingerprint density at radius 2 is 1.79 bits per heavy atom. The summed E-state index contributed by atoms with van der Waals surface area (Å²) >= 11 is 0. The Labute approximate surface area is 81.9 Å². The van der Waals surface area contributed by atoms with Crippen LogP contribution >= 0.6 is 0 Å². The van der Waals surface area contributed by atoms with Gasteiger partial charge in [-0.2, -0.15) is 0 Å². The van der Waals surface area contributed by atoms with Crippen LogP contribution in [0.25, 0.3) is 0 Å². The third-order valence-electron chi connectivity index (χ3n) is 2.24. The van der Waals surface area contributed by atoms with Gasteiger partial charge in [0.05, 0.1) is 0 Å². The second-order valence-corrected chi connectivity index (χ2v) is 3.15. The van der Waals surface area contributed by atoms with E-state index in [-0.39, 0.29) is 17.1 Å². The number of nitrogens with one attached hydrogen (secondary N) is 1. The maximum Gasteiger partial charge on any atom is 0.287 e. The molecule has 4 nitrogen and oxygen atoms in total. The highest BCUT2D eigenvalue weighted by atomic mass is 16.3. The van der Waals surface area contributed by atoms with Crippen LogP contribution in [0.1, 0.15) is 27.4 Å². The first-order chi connectivity index (χ1) is 6.49. The van der Waals surface area contributed by atoms with Gasteiger partial charge in [-0.05, 0) is 20.8 Å². The molecule has 1 aromatic heterocycles. The van der Waals surface area contributed by atoms with Crippen LogP contribution < -0.4 is 10.7 Å². The van der Waals surface area contributed by atoms with Crippen LogP contribution in [0.2, 0.25) is 0 Å². The van der Waals surface area contributed by atoms with Crippen molar-refractivity contribution in [3.63, 3.8) is 0 Å². The molecular formula is C10H13NO3. The highest BCUT2D eigenvalue weighted by Gasteiger charge is 2.15. The van der Waals surface area contributed by atoms with Gasteiger partial charge in [-0.3, -0.25) is 9.59 Å². The average Bonchev–Trinajstić information content (AvgIpc) is 2.19. The number of carbonyl (C=O) groups is 1. The minimum Gasteiger partial charge on any atom is -0.455 e. The maximum atomic E-state index is 11.6. The molecule has 1 aromatic rings. The molecule has 0 aliphatic rings. The highest BCUT2D eigenvalue weighted by molar-refractivity contribution is 5.92. The van der Waals surface area contributed by atoms with Gasteiger partial charge < -0.3 is 9.73 Å². The van der Waals surface area contributed by atoms with Gasteiger partial charge in [0.15, 0.2) is 11.2 Å². The Morgan fingerprint density at radius 3 is 2.29 bits per heavy atom. The van der Waals surface area contributed by atoms with Crippen molar-refractivity contribution >= 4 is 5.91 Å². The summed E-state index contributed by atoms with van der Waals surface area (Å²) in [6.07, 6.45) is 0. The van der Waals surface area contributed by atoms with Crippen LogP contribution in [0.3, 0.4) is 0 Å². The zero-order valence-corrected chi connectivity index (χ0v) is 8.72. The summed E-state index contributed by atoms with van der Waals surface area (Å²) in [5, 5.41) is 2.42. The molecular weight excluding hydrogens is 182 g/mol. The van der Waals surface area contributed by atoms with E-state index in [4.69, 9.17) is 4.42 Å². The molecule has 1 N–H and O–H groups in total. The van der Waals surface area contributed by atoms with E-state index in [0.717, 1.165) is 0 Å². The van der Waals surface area contributed by atoms with Crippen LogP contribution in [0.15, 0.2) is 9.21 Å². The molecule has 0 fully saturated rings. The van der Waals surface area contributed by atoms with Crippen LogP contribution in [0.5, 0.6) is 0 Å². The predicted molar refractivity (Wildman–Crippen MR) is 52.6 cm³/mol. The summed E-state index contributed by atoms with van der Waals surface area (Å²) in [5.41, 5.74) is 0.773. The predicted octanol–water partition coefficient (Wildman–Crippen LogP) is 0.925. The largest absolute Gasteiger partial charge is 0.455 e. The van der Waals surface area contributed by atoms with Gasteiger partial charge in [0.1, 0.15) is 5.76 Å². The molecule has 0 bridgehead atoms. The lowest BCUT2D eigenvalue weighted by Crippen LogP contribution is -2.23. The second kappa shape index (κ2) is 3.65. The fourth-order valence-electron chi connectivity index (χ4n) is 1.18. The molecule has 1 rings (SSSR count). The molecule has 14 heavy (non-hydrogen) atoms. The number of carbonyl (C=O) groups excluding carboxylic acids is 1. The lowest BCUT2D eigenvalue weighted by Gasteiger charge is -2.06. The number of rotatable bonds is 1. The van der Waals surface area contributed by atoms with Crippen molar-refractivity contribution < 1.29 is 9.21 Å². The van der Waals surface area contributed by atoms with E-state index in [2.05, 4.69) is 5.32 Å². The van der Waals surface area contributed by atoms with Crippen LogP contribution in [0.4, 0.5) is 0 Å². The molecule has 1 heterocycles. The fraction of sp³-hybridized carbons (Fsp3) is 0.400. The number of hydrogen-bond donors (Lipinski definition) is 1. The number of aryl methyl sites for hydroxylation is 1. The first kappa shape index (κ1) is 10.5. The summed E-state index contributed by atoms with van der Waals surface area (Å²) in [5.74, 6) is 0.211. The van der Waals surface area contributed by atoms with Gasteiger partial charge in [-0.15, -0.1) is 0 Å². The highest BCUT2D eigenvalue weighted by Crippen LogP contribution is 2.09. The van der Waals surface area contributed by atoms with Crippen molar-refractivity contribution in [2.45, 2.75) is 20.8 Å². The molecule has 76 valence electrons. The van der Waals surface area contributed by atoms with E-state index >= 15 is 0 Å². The Balaban J connectivity index is 3.49. The van der Waals surface area contributed by atoms with Crippen molar-refractivity contribution in [2.75, 3.05) is 7.05 Å². The monoisotopic (exact) mass is 195 g/mol. The van der Waals surface area contributed by atoms with Crippen molar-refractivity contribution in [2.24, 2.45) is 0 Å². The van der Waals surface area contributed by atoms with Gasteiger partial charge in [-0.1, -0.05) is 0 Å². The fourth-order valence-corrected chi connectivity index (χ4v) is 1.18. The zero-order valence-electron chi connectivity index (χ0n) is 8.72. The SMILES string of the molecule is CNC(=O)c1oc(C)c(C)c(=O)c1C. The van der Waals surface area contributed by atoms with E-state index in [1.165, 1.54) is 7.05 Å². The summed E-state index contributed by atoms with van der Waals surface area (Å²) in [6.45, 7) is 4.94. The second-order valence-electron chi connectivity index (χ2n) is 3.15. The van der Waals surface area contributed by atoms with Gasteiger partial charge in [0, 0.05) is 18.2 Å². The van der Waals surface area contributed by atoms with E-state index in [0.29, 0.717) is 16.9 Å². The van der Waals surface area contributed by atoms with Gasteiger partial charge in [-0.25, -0.2) is 0 Å². The van der Waals surface area contributed by atoms with Crippen LogP contribution in [-0.4, -0.2) is 13.0 Å². The Bertz CT molecular complexity index is 432. The summed E-state index contributed by atoms with van der Waals surface area (Å²) < 4.78 is 5.26. The summed E-state index contributed by atoms with van der Waals surface area (Å²) in [7, 11) is 1.50. The molecule has 1 amide bonds. The van der Waals surface area contributed by atoms with E-state index in [1.54, 1.807) is 20.8 Å². The lowest BCUT2D eigenvalue weighted by atomic mass is 10.1. The zero-order chi connectivity index (χ0) is 10.9. The van der Waals surface area contributed by atoms with E-state index in [1.807, 2.05) is 0 Å². The maximum absolute atomic E-state index is 11.6. The average molecular weight is 195 g/mol. The molecule has 0 aromatic carbocycles. The Morgan fingerprint density at radius 1 is 1.21 bits per heavy atom. The molecule has 0 radical (unpaired) electrons. The minimum absolute atomic E-state index is 0.0978. The topological polar surface area (TPSA) is 59.3 Å². The third kappa shape index (κ3) is 1.55. The minimum atomic E-state index is -0.373. The molecule has 0 unspecified atom stereocenters. The molecule has 4 heteroatoms. The molecule has 0 atom stereocenters. The molecule has 0 aliphatic heterocycles. The van der Waals surface area contributed by atoms with E-state index in [9.17, 15) is 9.59 Å². The Hall–Kier alpha value is -1.58. The molecule has 0 spiro atoms. The normalized spacial score (nSPS) is 10.0. The summed E-state index contributed by atoms with van der Waals surface area (Å²) in [6, 6.07) is 0. The third-order valence-corrected chi connectivity index (χ3v) is 2.24. The van der Waals surface area contributed by atoms with Crippen molar-refractivity contribution in [1.29, 1.82) is 0 Å². The molecule has 0 saturated carbocycles. The summed E-state index contributed by atoms with van der Waals surface area (Å²) in [4.78, 5) is 22.9. The van der Waals surface area contributed by atoms with Crippen molar-refractivity contribution in [1.82, 2.24) is 5.32 Å².